The van der Waals surface area contributed by atoms with E-state index in [2.05, 4.69) is 19.8 Å². The molecule has 0 unspecified atom stereocenters. The number of rotatable bonds is 9. The Kier molecular flexibility index (Phi) is 7.60. The number of anilines is 1. The lowest BCUT2D eigenvalue weighted by molar-refractivity contribution is 0.307. The molecule has 16 heteroatoms. The number of aromatic hydroxyl groups is 1. The zero-order valence-electron chi connectivity index (χ0n) is 20.7. The number of hydrogen-bond acceptors (Lipinski definition) is 11. The van der Waals surface area contributed by atoms with Crippen molar-refractivity contribution in [2.75, 3.05) is 23.7 Å². The highest BCUT2D eigenvalue weighted by Crippen LogP contribution is 2.36. The number of aryl methyl sites for hydroxylation is 1. The molecule has 0 spiro atoms. The van der Waals surface area contributed by atoms with E-state index < -0.39 is 43.8 Å². The summed E-state index contributed by atoms with van der Waals surface area (Å²) in [6, 6.07) is 3.75. The molecule has 38 heavy (non-hydrogen) atoms. The Morgan fingerprint density at radius 1 is 1.26 bits per heavy atom. The molecule has 0 atom stereocenters. The number of amidine groups is 1. The van der Waals surface area contributed by atoms with E-state index in [4.69, 9.17) is 0 Å². The molecule has 2 aromatic heterocycles. The lowest BCUT2D eigenvalue weighted by atomic mass is 10.1. The van der Waals surface area contributed by atoms with Crippen LogP contribution in [0.1, 0.15) is 25.8 Å². The molecule has 3 N–H and O–H groups in total. The number of fused-ring (bicyclic) bond motifs is 1. The normalized spacial score (nSPS) is 14.6. The Balaban J connectivity index is 1.90. The quantitative estimate of drug-likeness (QED) is 0.334. The first-order valence-corrected chi connectivity index (χ1v) is 15.6. The van der Waals surface area contributed by atoms with Gasteiger partial charge >= 0.3 is 0 Å². The summed E-state index contributed by atoms with van der Waals surface area (Å²) in [4.78, 5) is 21.8. The van der Waals surface area contributed by atoms with Crippen LogP contribution in [0.5, 0.6) is 5.75 Å². The summed E-state index contributed by atoms with van der Waals surface area (Å²) in [7, 11) is -8.17. The molecular weight excluding hydrogens is 556 g/mol. The Morgan fingerprint density at radius 3 is 2.61 bits per heavy atom. The fourth-order valence-corrected chi connectivity index (χ4v) is 6.47. The van der Waals surface area contributed by atoms with Crippen molar-refractivity contribution in [3.05, 3.63) is 45.8 Å². The van der Waals surface area contributed by atoms with Gasteiger partial charge in [-0.1, -0.05) is 13.8 Å². The van der Waals surface area contributed by atoms with E-state index in [1.54, 1.807) is 0 Å². The van der Waals surface area contributed by atoms with Gasteiger partial charge in [0.25, 0.3) is 15.6 Å². The van der Waals surface area contributed by atoms with Crippen LogP contribution in [0.2, 0.25) is 0 Å². The number of nitrogens with zero attached hydrogens (tertiary/aromatic N) is 5. The van der Waals surface area contributed by atoms with E-state index in [1.807, 2.05) is 13.8 Å². The van der Waals surface area contributed by atoms with Crippen molar-refractivity contribution < 1.29 is 27.0 Å². The number of nitrogens with one attached hydrogen (secondary N) is 1. The van der Waals surface area contributed by atoms with Crippen molar-refractivity contribution in [3.8, 4) is 16.3 Å². The van der Waals surface area contributed by atoms with Gasteiger partial charge in [-0.3, -0.25) is 18.8 Å². The summed E-state index contributed by atoms with van der Waals surface area (Å²) in [6.45, 7) is 3.42. The number of aliphatic hydroxyl groups is 1. The first-order valence-electron chi connectivity index (χ1n) is 11.4. The minimum Gasteiger partial charge on any atom is -0.505 e. The summed E-state index contributed by atoms with van der Waals surface area (Å²) in [5.74, 6) is -0.695. The molecule has 13 nitrogen and oxygen atoms in total. The van der Waals surface area contributed by atoms with Crippen LogP contribution in [0.4, 0.5) is 11.4 Å². The Morgan fingerprint density at radius 2 is 2.00 bits per heavy atom. The molecule has 0 aliphatic carbocycles. The molecule has 0 bridgehead atoms. The highest BCUT2D eigenvalue weighted by molar-refractivity contribution is 7.92. The second-order valence-corrected chi connectivity index (χ2v) is 13.4. The monoisotopic (exact) mass is 582 g/mol. The standard InChI is InChI=1S/C22H26N6O7S3/c1-13(2)6-7-27-22(31)18(20(30)19(25-27)16-11-23-12-36-16)21-24-15-5-4-14(10-17(15)38(34,35)26-21)28(8-9-29)37(3,32)33/h4-5,10-13,29-30H,6-9H2,1-3H3,(H,24,26). The Bertz CT molecular complexity index is 1660. The van der Waals surface area contributed by atoms with Crippen LogP contribution in [0.15, 0.2) is 44.6 Å². The van der Waals surface area contributed by atoms with Crippen LogP contribution < -0.4 is 14.6 Å². The fourth-order valence-electron chi connectivity index (χ4n) is 3.78. The number of sulfonamides is 2. The summed E-state index contributed by atoms with van der Waals surface area (Å²) < 4.78 is 55.1. The van der Waals surface area contributed by atoms with Gasteiger partial charge in [0.1, 0.15) is 16.2 Å². The van der Waals surface area contributed by atoms with Gasteiger partial charge in [-0.25, -0.2) is 26.5 Å². The van der Waals surface area contributed by atoms with E-state index >= 15 is 0 Å². The zero-order chi connectivity index (χ0) is 27.8. The molecule has 1 aliphatic heterocycles. The van der Waals surface area contributed by atoms with Gasteiger partial charge in [-0.05, 0) is 30.5 Å². The second-order valence-electron chi connectivity index (χ2n) is 8.93. The van der Waals surface area contributed by atoms with Crippen molar-refractivity contribution in [1.82, 2.24) is 19.5 Å². The molecule has 0 fully saturated rings. The maximum atomic E-state index is 13.4. The second kappa shape index (κ2) is 10.4. The van der Waals surface area contributed by atoms with Crippen LogP contribution in [-0.4, -0.2) is 67.1 Å². The molecule has 0 radical (unpaired) electrons. The molecule has 3 heterocycles. The summed E-state index contributed by atoms with van der Waals surface area (Å²) in [5, 5.41) is 24.6. The minimum atomic E-state index is -4.35. The molecular formula is C22H26N6O7S3. The number of aromatic nitrogens is 3. The van der Waals surface area contributed by atoms with Crippen LogP contribution in [0.3, 0.4) is 0 Å². The highest BCUT2D eigenvalue weighted by Gasteiger charge is 2.32. The van der Waals surface area contributed by atoms with Gasteiger partial charge in [0, 0.05) is 12.7 Å². The Labute approximate surface area is 223 Å². The predicted molar refractivity (Wildman–Crippen MR) is 143 cm³/mol. The maximum absolute atomic E-state index is 13.4. The van der Waals surface area contributed by atoms with Crippen molar-refractivity contribution >= 4 is 48.6 Å². The fraction of sp³-hybridized carbons (Fsp3) is 0.364. The number of thiazole rings is 1. The topological polar surface area (TPSA) is 184 Å². The number of benzene rings is 1. The summed E-state index contributed by atoms with van der Waals surface area (Å²) >= 11 is 1.18. The van der Waals surface area contributed by atoms with E-state index in [9.17, 15) is 31.8 Å². The lowest BCUT2D eigenvalue weighted by Crippen LogP contribution is -2.40. The molecule has 1 aliphatic rings. The lowest BCUT2D eigenvalue weighted by Gasteiger charge is -2.24. The van der Waals surface area contributed by atoms with Crippen LogP contribution in [-0.2, 0) is 26.6 Å². The SMILES string of the molecule is CC(C)CCn1nc(-c2cncs2)c(O)c(C2=Nc3ccc(N(CCO)S(C)(=O)=O)cc3S(=O)(=O)N2)c1=O. The van der Waals surface area contributed by atoms with Crippen molar-refractivity contribution in [1.29, 1.82) is 0 Å². The molecule has 0 saturated carbocycles. The summed E-state index contributed by atoms with van der Waals surface area (Å²) in [5.41, 5.74) is 0.433. The van der Waals surface area contributed by atoms with Gasteiger partial charge in [0.2, 0.25) is 10.0 Å². The van der Waals surface area contributed by atoms with Crippen LogP contribution in [0.25, 0.3) is 10.6 Å². The molecule has 3 aromatic rings. The third-order valence-electron chi connectivity index (χ3n) is 5.64. The van der Waals surface area contributed by atoms with Crippen LogP contribution in [0, 0.1) is 5.92 Å². The van der Waals surface area contributed by atoms with Crippen LogP contribution >= 0.6 is 11.3 Å². The van der Waals surface area contributed by atoms with Crippen molar-refractivity contribution in [2.45, 2.75) is 31.7 Å². The highest BCUT2D eigenvalue weighted by atomic mass is 32.2. The van der Waals surface area contributed by atoms with Gasteiger partial charge in [0.05, 0.1) is 41.2 Å². The molecule has 204 valence electrons. The average Bonchev–Trinajstić information content (AvgIpc) is 3.35. The minimum absolute atomic E-state index is 0.0135. The van der Waals surface area contributed by atoms with E-state index in [0.29, 0.717) is 11.3 Å². The largest absolute Gasteiger partial charge is 0.505 e. The first-order chi connectivity index (χ1) is 17.8. The third kappa shape index (κ3) is 5.43. The maximum Gasteiger partial charge on any atom is 0.281 e. The van der Waals surface area contributed by atoms with Gasteiger partial charge < -0.3 is 10.2 Å². The molecule has 0 saturated heterocycles. The number of hydrogen-bond donors (Lipinski definition) is 3. The Hall–Kier alpha value is -3.34. The van der Waals surface area contributed by atoms with Gasteiger partial charge in [-0.2, -0.15) is 5.10 Å². The van der Waals surface area contributed by atoms with E-state index in [-0.39, 0.29) is 46.5 Å². The van der Waals surface area contributed by atoms with Gasteiger partial charge in [-0.15, -0.1) is 11.3 Å². The van der Waals surface area contributed by atoms with Crippen molar-refractivity contribution in [2.24, 2.45) is 10.9 Å². The predicted octanol–water partition coefficient (Wildman–Crippen LogP) is 1.25. The molecule has 4 rings (SSSR count). The number of aliphatic imine (C=N–C) groups is 1. The zero-order valence-corrected chi connectivity index (χ0v) is 23.1. The summed E-state index contributed by atoms with van der Waals surface area (Å²) in [6.07, 6.45) is 3.01. The smallest absolute Gasteiger partial charge is 0.281 e. The average molecular weight is 583 g/mol. The van der Waals surface area contributed by atoms with Crippen molar-refractivity contribution in [3.63, 3.8) is 0 Å². The van der Waals surface area contributed by atoms with E-state index in [0.717, 1.165) is 16.6 Å². The molecule has 0 amide bonds. The first kappa shape index (κ1) is 27.7. The van der Waals surface area contributed by atoms with E-state index in [1.165, 1.54) is 39.9 Å². The molecule has 1 aromatic carbocycles. The third-order valence-corrected chi connectivity index (χ3v) is 8.98. The van der Waals surface area contributed by atoms with Gasteiger partial charge in [0.15, 0.2) is 11.6 Å². The number of aliphatic hydroxyl groups excluding tert-OH is 1.